The number of likely N-dealkylation sites (tertiary alicyclic amines) is 1. The third-order valence-corrected chi connectivity index (χ3v) is 6.03. The Kier molecular flexibility index (Phi) is 13.7. The lowest BCUT2D eigenvalue weighted by atomic mass is 10.0. The molecule has 1 aromatic rings. The molecule has 1 aromatic carbocycles. The molecule has 0 bridgehead atoms. The summed E-state index contributed by atoms with van der Waals surface area (Å²) >= 11 is 0. The van der Waals surface area contributed by atoms with Crippen LogP contribution in [0.1, 0.15) is 67.0 Å². The first-order valence-corrected chi connectivity index (χ1v) is 10.8. The van der Waals surface area contributed by atoms with Crippen LogP contribution in [0.4, 0.5) is 0 Å². The molecule has 2 saturated heterocycles. The van der Waals surface area contributed by atoms with Crippen LogP contribution in [0.25, 0.3) is 0 Å². The number of nitrogens with one attached hydrogen (secondary N) is 1. The minimum atomic E-state index is 0. The molecule has 2 aliphatic rings. The lowest BCUT2D eigenvalue weighted by Gasteiger charge is -2.38. The van der Waals surface area contributed by atoms with Gasteiger partial charge in [0.2, 0.25) is 0 Å². The van der Waals surface area contributed by atoms with Gasteiger partial charge in [-0.05, 0) is 66.7 Å². The number of likely N-dealkylation sites (N-methyl/N-ethyl adjacent to an activating group) is 1. The Morgan fingerprint density at radius 2 is 1.48 bits per heavy atom. The summed E-state index contributed by atoms with van der Waals surface area (Å²) in [5.41, 5.74) is 1.41. The van der Waals surface area contributed by atoms with E-state index in [2.05, 4.69) is 92.1 Å². The minimum Gasteiger partial charge on any atom is -0.308 e. The van der Waals surface area contributed by atoms with Crippen LogP contribution in [-0.4, -0.2) is 79.6 Å². The van der Waals surface area contributed by atoms with Gasteiger partial charge in [-0.2, -0.15) is 0 Å². The van der Waals surface area contributed by atoms with Crippen LogP contribution < -0.4 is 5.32 Å². The van der Waals surface area contributed by atoms with Crippen molar-refractivity contribution in [3.05, 3.63) is 35.9 Å². The highest BCUT2D eigenvalue weighted by Crippen LogP contribution is 2.18. The predicted octanol–water partition coefficient (Wildman–Crippen LogP) is 4.73. The van der Waals surface area contributed by atoms with Crippen LogP contribution in [0, 0.1) is 0 Å². The van der Waals surface area contributed by atoms with Crippen LogP contribution in [0.3, 0.4) is 0 Å². The lowest BCUT2D eigenvalue weighted by molar-refractivity contribution is 0.109. The van der Waals surface area contributed by atoms with Crippen LogP contribution in [0.5, 0.6) is 0 Å². The molecule has 2 unspecified atom stereocenters. The quantitative estimate of drug-likeness (QED) is 0.780. The molecule has 0 saturated carbocycles. The Hall–Kier alpha value is -0.940. The van der Waals surface area contributed by atoms with Gasteiger partial charge in [-0.15, -0.1) is 0 Å². The second kappa shape index (κ2) is 14.1. The summed E-state index contributed by atoms with van der Waals surface area (Å²) in [6.07, 6.45) is 2.73. The number of benzene rings is 1. The summed E-state index contributed by atoms with van der Waals surface area (Å²) in [6.45, 7) is 15.1. The van der Waals surface area contributed by atoms with Crippen LogP contribution in [0.2, 0.25) is 0 Å². The van der Waals surface area contributed by atoms with E-state index in [1.165, 1.54) is 38.0 Å². The number of piperazine rings is 1. The molecule has 29 heavy (non-hydrogen) atoms. The van der Waals surface area contributed by atoms with Gasteiger partial charge in [0.25, 0.3) is 0 Å². The molecule has 2 fully saturated rings. The van der Waals surface area contributed by atoms with Gasteiger partial charge < -0.3 is 10.2 Å². The second-order valence-electron chi connectivity index (χ2n) is 8.85. The Morgan fingerprint density at radius 3 is 2.03 bits per heavy atom. The molecular formula is C25H50N4. The summed E-state index contributed by atoms with van der Waals surface area (Å²) < 4.78 is 0. The van der Waals surface area contributed by atoms with Crippen molar-refractivity contribution in [2.45, 2.75) is 79.6 Å². The molecule has 0 aliphatic carbocycles. The fraction of sp³-hybridized carbons (Fsp3) is 0.760. The van der Waals surface area contributed by atoms with Crippen molar-refractivity contribution in [1.82, 2.24) is 20.0 Å². The first kappa shape index (κ1) is 28.1. The maximum Gasteiger partial charge on any atom is 0.0449 e. The Balaban J connectivity index is 0.000000518. The third kappa shape index (κ3) is 9.17. The zero-order chi connectivity index (χ0) is 19.8. The molecule has 0 aromatic heterocycles. The second-order valence-corrected chi connectivity index (χ2v) is 8.85. The van der Waals surface area contributed by atoms with E-state index in [9.17, 15) is 0 Å². The van der Waals surface area contributed by atoms with Crippen molar-refractivity contribution in [3.8, 4) is 0 Å². The number of rotatable bonds is 4. The van der Waals surface area contributed by atoms with Crippen molar-refractivity contribution in [2.75, 3.05) is 46.8 Å². The standard InChI is InChI=1S/C13H20N2.C10H22N2.2CH4/c1-11(2)15-9-8-14-13(10-15)12-6-4-3-5-7-12;1-9(2)12-7-5-6-10(8-12)11(3)4;;/h3-7,11,13-14H,8-10H2,1-2H3;9-10H,5-8H2,1-4H3;2*1H4. The van der Waals surface area contributed by atoms with E-state index in [1.807, 2.05) is 0 Å². The molecule has 2 heterocycles. The summed E-state index contributed by atoms with van der Waals surface area (Å²) in [5.74, 6) is 0. The molecule has 0 spiro atoms. The normalized spacial score (nSPS) is 23.2. The maximum absolute atomic E-state index is 3.58. The van der Waals surface area contributed by atoms with Gasteiger partial charge in [-0.1, -0.05) is 45.2 Å². The highest BCUT2D eigenvalue weighted by Gasteiger charge is 2.23. The summed E-state index contributed by atoms with van der Waals surface area (Å²) in [7, 11) is 4.38. The molecule has 0 amide bonds. The first-order valence-electron chi connectivity index (χ1n) is 10.8. The predicted molar refractivity (Wildman–Crippen MR) is 131 cm³/mol. The highest BCUT2D eigenvalue weighted by atomic mass is 15.2. The van der Waals surface area contributed by atoms with Crippen molar-refractivity contribution >= 4 is 0 Å². The molecule has 0 radical (unpaired) electrons. The summed E-state index contributed by atoms with van der Waals surface area (Å²) in [6, 6.07) is 13.4. The fourth-order valence-corrected chi connectivity index (χ4v) is 4.02. The fourth-order valence-electron chi connectivity index (χ4n) is 4.02. The monoisotopic (exact) mass is 406 g/mol. The SMILES string of the molecule is C.C.CC(C)N1CCCC(N(C)C)C1.CC(C)N1CCNC(c2ccccc2)C1. The number of nitrogens with zero attached hydrogens (tertiary/aromatic N) is 3. The van der Waals surface area contributed by atoms with Gasteiger partial charge in [-0.3, -0.25) is 9.80 Å². The number of hydrogen-bond donors (Lipinski definition) is 1. The van der Waals surface area contributed by atoms with Gasteiger partial charge in [0.15, 0.2) is 0 Å². The van der Waals surface area contributed by atoms with E-state index in [1.54, 1.807) is 0 Å². The van der Waals surface area contributed by atoms with E-state index in [4.69, 9.17) is 0 Å². The van der Waals surface area contributed by atoms with Crippen molar-refractivity contribution in [3.63, 3.8) is 0 Å². The third-order valence-electron chi connectivity index (χ3n) is 6.03. The summed E-state index contributed by atoms with van der Waals surface area (Å²) in [5, 5.41) is 3.58. The lowest BCUT2D eigenvalue weighted by Crippen LogP contribution is -2.48. The Bertz CT molecular complexity index is 501. The van der Waals surface area contributed by atoms with Gasteiger partial charge >= 0.3 is 0 Å². The van der Waals surface area contributed by atoms with Gasteiger partial charge in [0, 0.05) is 50.3 Å². The number of piperidine rings is 1. The van der Waals surface area contributed by atoms with Crippen LogP contribution >= 0.6 is 0 Å². The van der Waals surface area contributed by atoms with Crippen molar-refractivity contribution < 1.29 is 0 Å². The van der Waals surface area contributed by atoms with E-state index < -0.39 is 0 Å². The maximum atomic E-state index is 3.58. The largest absolute Gasteiger partial charge is 0.308 e. The van der Waals surface area contributed by atoms with Gasteiger partial charge in [0.05, 0.1) is 0 Å². The smallest absolute Gasteiger partial charge is 0.0449 e. The molecule has 4 nitrogen and oxygen atoms in total. The molecule has 2 aliphatic heterocycles. The van der Waals surface area contributed by atoms with Crippen molar-refractivity contribution in [1.29, 1.82) is 0 Å². The topological polar surface area (TPSA) is 21.8 Å². The van der Waals surface area contributed by atoms with Gasteiger partial charge in [0.1, 0.15) is 0 Å². The Morgan fingerprint density at radius 1 is 0.897 bits per heavy atom. The molecule has 170 valence electrons. The van der Waals surface area contributed by atoms with Gasteiger partial charge in [-0.25, -0.2) is 0 Å². The Labute approximate surface area is 182 Å². The summed E-state index contributed by atoms with van der Waals surface area (Å²) in [4.78, 5) is 7.47. The van der Waals surface area contributed by atoms with Crippen molar-refractivity contribution in [2.24, 2.45) is 0 Å². The highest BCUT2D eigenvalue weighted by molar-refractivity contribution is 5.19. The van der Waals surface area contributed by atoms with E-state index in [0.717, 1.165) is 19.1 Å². The van der Waals surface area contributed by atoms with Crippen LogP contribution in [0.15, 0.2) is 30.3 Å². The zero-order valence-corrected chi connectivity index (χ0v) is 18.5. The average molecular weight is 407 g/mol. The zero-order valence-electron chi connectivity index (χ0n) is 18.5. The number of hydrogen-bond acceptors (Lipinski definition) is 4. The van der Waals surface area contributed by atoms with E-state index in [0.29, 0.717) is 18.1 Å². The first-order chi connectivity index (χ1) is 12.9. The molecule has 3 rings (SSSR count). The molecule has 4 heteroatoms. The minimum absolute atomic E-state index is 0. The molecule has 1 N–H and O–H groups in total. The van der Waals surface area contributed by atoms with E-state index in [-0.39, 0.29) is 14.9 Å². The molecule has 2 atom stereocenters. The average Bonchev–Trinajstić information content (AvgIpc) is 2.69. The van der Waals surface area contributed by atoms with Crippen LogP contribution in [-0.2, 0) is 0 Å². The molecular weight excluding hydrogens is 356 g/mol. The van der Waals surface area contributed by atoms with E-state index >= 15 is 0 Å².